The molecule has 0 aromatic rings. The van der Waals surface area contributed by atoms with Crippen LogP contribution in [0.15, 0.2) is 0 Å². The van der Waals surface area contributed by atoms with E-state index in [1.807, 2.05) is 6.92 Å². The van der Waals surface area contributed by atoms with Crippen LogP contribution in [0.4, 0.5) is 0 Å². The van der Waals surface area contributed by atoms with E-state index in [0.717, 1.165) is 25.7 Å². The highest BCUT2D eigenvalue weighted by atomic mass is 16.3. The second-order valence-electron chi connectivity index (χ2n) is 7.40. The lowest BCUT2D eigenvalue weighted by atomic mass is 9.76. The van der Waals surface area contributed by atoms with Gasteiger partial charge in [0.1, 0.15) is 5.54 Å². The molecular weight excluding hydrogens is 278 g/mol. The minimum absolute atomic E-state index is 0.0308. The van der Waals surface area contributed by atoms with Crippen molar-refractivity contribution in [2.45, 2.75) is 69.9 Å². The highest BCUT2D eigenvalue weighted by Gasteiger charge is 2.43. The fourth-order valence-corrected chi connectivity index (χ4v) is 3.57. The van der Waals surface area contributed by atoms with Gasteiger partial charge in [-0.25, -0.2) is 0 Å². The zero-order chi connectivity index (χ0) is 16.2. The van der Waals surface area contributed by atoms with Crippen LogP contribution in [0.1, 0.15) is 58.8 Å². The molecule has 2 rings (SSSR count). The van der Waals surface area contributed by atoms with Gasteiger partial charge in [-0.15, -0.1) is 0 Å². The van der Waals surface area contributed by atoms with Crippen molar-refractivity contribution in [3.63, 3.8) is 0 Å². The smallest absolute Gasteiger partial charge is 0.235 e. The Morgan fingerprint density at radius 3 is 2.32 bits per heavy atom. The van der Waals surface area contributed by atoms with Gasteiger partial charge in [-0.05, 0) is 51.4 Å². The minimum Gasteiger partial charge on any atom is -0.394 e. The van der Waals surface area contributed by atoms with Crippen molar-refractivity contribution in [1.29, 1.82) is 5.26 Å². The number of rotatable bonds is 7. The number of amides is 1. The molecule has 0 aliphatic heterocycles. The third-order valence-electron chi connectivity index (χ3n) is 5.51. The molecule has 2 aliphatic rings. The van der Waals surface area contributed by atoms with Crippen LogP contribution in [0.2, 0.25) is 0 Å². The summed E-state index contributed by atoms with van der Waals surface area (Å²) in [5, 5.41) is 25.2. The summed E-state index contributed by atoms with van der Waals surface area (Å²) in [6, 6.07) is 2.24. The molecule has 0 aromatic carbocycles. The summed E-state index contributed by atoms with van der Waals surface area (Å²) in [4.78, 5) is 12.2. The second kappa shape index (κ2) is 6.97. The molecule has 2 fully saturated rings. The first-order valence-electron chi connectivity index (χ1n) is 8.51. The quantitative estimate of drug-likeness (QED) is 0.668. The molecule has 0 spiro atoms. The fourth-order valence-electron chi connectivity index (χ4n) is 3.57. The van der Waals surface area contributed by atoms with E-state index in [1.54, 1.807) is 6.92 Å². The summed E-state index contributed by atoms with van der Waals surface area (Å²) >= 11 is 0. The van der Waals surface area contributed by atoms with Crippen LogP contribution in [0.3, 0.4) is 0 Å². The van der Waals surface area contributed by atoms with Crippen LogP contribution >= 0.6 is 0 Å². The van der Waals surface area contributed by atoms with Crippen molar-refractivity contribution in [1.82, 2.24) is 10.6 Å². The number of carbonyl (C=O) groups is 1. The number of hydrogen-bond donors (Lipinski definition) is 3. The predicted octanol–water partition coefficient (Wildman–Crippen LogP) is 1.72. The minimum atomic E-state index is -0.751. The van der Waals surface area contributed by atoms with Gasteiger partial charge in [-0.3, -0.25) is 4.79 Å². The number of hydrogen-bond acceptors (Lipinski definition) is 4. The first kappa shape index (κ1) is 17.2. The second-order valence-corrected chi connectivity index (χ2v) is 7.40. The molecule has 22 heavy (non-hydrogen) atoms. The van der Waals surface area contributed by atoms with Crippen LogP contribution in [0.25, 0.3) is 0 Å². The summed E-state index contributed by atoms with van der Waals surface area (Å²) < 4.78 is 0. The number of aliphatic hydroxyl groups is 1. The molecule has 0 aromatic heterocycles. The van der Waals surface area contributed by atoms with Gasteiger partial charge in [0.15, 0.2) is 0 Å². The molecule has 0 heterocycles. The first-order valence-corrected chi connectivity index (χ1v) is 8.51. The highest BCUT2D eigenvalue weighted by Crippen LogP contribution is 2.39. The van der Waals surface area contributed by atoms with Crippen LogP contribution < -0.4 is 10.6 Å². The van der Waals surface area contributed by atoms with E-state index < -0.39 is 11.1 Å². The monoisotopic (exact) mass is 307 g/mol. The molecule has 124 valence electrons. The summed E-state index contributed by atoms with van der Waals surface area (Å²) in [7, 11) is 0. The van der Waals surface area contributed by atoms with E-state index in [-0.39, 0.29) is 25.0 Å². The number of nitriles is 1. The maximum Gasteiger partial charge on any atom is 0.235 e. The molecule has 1 amide bonds. The number of nitrogens with zero attached hydrogens (tertiary/aromatic N) is 1. The van der Waals surface area contributed by atoms with Gasteiger partial charge in [0.2, 0.25) is 5.91 Å². The lowest BCUT2D eigenvalue weighted by Crippen LogP contribution is -2.57. The number of aliphatic hydroxyl groups excluding tert-OH is 1. The molecule has 0 bridgehead atoms. The van der Waals surface area contributed by atoms with Gasteiger partial charge in [0.05, 0.1) is 19.2 Å². The third-order valence-corrected chi connectivity index (χ3v) is 5.51. The van der Waals surface area contributed by atoms with Crippen LogP contribution in [0, 0.1) is 23.2 Å². The molecule has 2 aliphatic carbocycles. The molecular formula is C17H29N3O2. The molecule has 0 radical (unpaired) electrons. The van der Waals surface area contributed by atoms with Crippen molar-refractivity contribution in [3.05, 3.63) is 0 Å². The van der Waals surface area contributed by atoms with Crippen molar-refractivity contribution in [3.8, 4) is 6.07 Å². The highest BCUT2D eigenvalue weighted by molar-refractivity contribution is 5.79. The fraction of sp³-hybridized carbons (Fsp3) is 0.882. The van der Waals surface area contributed by atoms with E-state index in [9.17, 15) is 15.2 Å². The molecule has 5 heteroatoms. The number of nitrogens with one attached hydrogen (secondary N) is 2. The van der Waals surface area contributed by atoms with Gasteiger partial charge < -0.3 is 15.7 Å². The standard InChI is InChI=1S/C17H29N3O2/c1-16(11-18,14-8-9-14)20-15(22)10-19-17(2,12-21)13-6-4-3-5-7-13/h13-14,19,21H,3-10,12H2,1-2H3,(H,20,22)/t16-,17-/m1/s1. The topological polar surface area (TPSA) is 85.2 Å². The number of carbonyl (C=O) groups excluding carboxylic acids is 1. The molecule has 0 unspecified atom stereocenters. The van der Waals surface area contributed by atoms with Crippen LogP contribution in [-0.2, 0) is 4.79 Å². The Kier molecular flexibility index (Phi) is 5.46. The Balaban J connectivity index is 1.86. The van der Waals surface area contributed by atoms with Crippen molar-refractivity contribution >= 4 is 5.91 Å². The molecule has 2 saturated carbocycles. The van der Waals surface area contributed by atoms with E-state index >= 15 is 0 Å². The normalized spacial score (nSPS) is 24.8. The molecule has 0 saturated heterocycles. The lowest BCUT2D eigenvalue weighted by molar-refractivity contribution is -0.122. The summed E-state index contributed by atoms with van der Waals surface area (Å²) in [5.41, 5.74) is -1.17. The Labute approximate surface area is 133 Å². The molecule has 2 atom stereocenters. The van der Waals surface area contributed by atoms with Crippen molar-refractivity contribution in [2.24, 2.45) is 11.8 Å². The van der Waals surface area contributed by atoms with E-state index in [2.05, 4.69) is 16.7 Å². The lowest BCUT2D eigenvalue weighted by Gasteiger charge is -2.39. The van der Waals surface area contributed by atoms with Gasteiger partial charge in [0.25, 0.3) is 0 Å². The SMILES string of the molecule is C[C@](C#N)(NC(=O)CN[C@](C)(CO)C1CCCCC1)C1CC1. The Hall–Kier alpha value is -1.12. The van der Waals surface area contributed by atoms with Crippen LogP contribution in [0.5, 0.6) is 0 Å². The zero-order valence-corrected chi connectivity index (χ0v) is 13.8. The third kappa shape index (κ3) is 3.99. The average molecular weight is 307 g/mol. The van der Waals surface area contributed by atoms with Gasteiger partial charge in [-0.2, -0.15) is 5.26 Å². The van der Waals surface area contributed by atoms with Crippen molar-refractivity contribution < 1.29 is 9.90 Å². The summed E-state index contributed by atoms with van der Waals surface area (Å²) in [5.74, 6) is 0.528. The largest absolute Gasteiger partial charge is 0.394 e. The molecule has 3 N–H and O–H groups in total. The summed E-state index contributed by atoms with van der Waals surface area (Å²) in [6.45, 7) is 3.98. The Morgan fingerprint density at radius 1 is 1.18 bits per heavy atom. The first-order chi connectivity index (χ1) is 10.4. The maximum atomic E-state index is 12.2. The Morgan fingerprint density at radius 2 is 1.82 bits per heavy atom. The van der Waals surface area contributed by atoms with Gasteiger partial charge >= 0.3 is 0 Å². The summed E-state index contributed by atoms with van der Waals surface area (Å²) in [6.07, 6.45) is 7.88. The van der Waals surface area contributed by atoms with Crippen LogP contribution in [-0.4, -0.2) is 35.2 Å². The Bertz CT molecular complexity index is 438. The molecule has 5 nitrogen and oxygen atoms in total. The average Bonchev–Trinajstić information content (AvgIpc) is 3.38. The predicted molar refractivity (Wildman–Crippen MR) is 85.0 cm³/mol. The van der Waals surface area contributed by atoms with Gasteiger partial charge in [-0.1, -0.05) is 19.3 Å². The van der Waals surface area contributed by atoms with E-state index in [4.69, 9.17) is 0 Å². The maximum absolute atomic E-state index is 12.2. The van der Waals surface area contributed by atoms with Gasteiger partial charge in [0, 0.05) is 5.54 Å². The van der Waals surface area contributed by atoms with Crippen molar-refractivity contribution in [2.75, 3.05) is 13.2 Å². The van der Waals surface area contributed by atoms with E-state index in [1.165, 1.54) is 19.3 Å². The van der Waals surface area contributed by atoms with E-state index in [0.29, 0.717) is 5.92 Å². The zero-order valence-electron chi connectivity index (χ0n) is 13.8.